The number of aliphatic hydroxyl groups excluding tert-OH is 2. The summed E-state index contributed by atoms with van der Waals surface area (Å²) >= 11 is 4.44. The molecule has 0 fully saturated rings. The topological polar surface area (TPSA) is 116 Å². The molecule has 0 spiro atoms. The number of carboxylic acids is 1. The molecule has 3 atom stereocenters. The first kappa shape index (κ1) is 17.2. The summed E-state index contributed by atoms with van der Waals surface area (Å²) in [5.41, 5.74) is 5.35. The second-order valence-electron chi connectivity index (χ2n) is 4.33. The molecule has 0 aliphatic carbocycles. The van der Waals surface area contributed by atoms with Crippen LogP contribution in [0.1, 0.15) is 32.6 Å². The lowest BCUT2D eigenvalue weighted by molar-refractivity contribution is -0.140. The molecule has 18 heavy (non-hydrogen) atoms. The van der Waals surface area contributed by atoms with Gasteiger partial charge in [-0.3, -0.25) is 4.79 Å². The summed E-state index contributed by atoms with van der Waals surface area (Å²) in [6.07, 6.45) is 1.06. The van der Waals surface area contributed by atoms with Gasteiger partial charge in [-0.1, -0.05) is 6.42 Å². The van der Waals surface area contributed by atoms with E-state index in [1.807, 2.05) is 0 Å². The van der Waals surface area contributed by atoms with Gasteiger partial charge >= 0.3 is 5.97 Å². The van der Waals surface area contributed by atoms with Crippen molar-refractivity contribution in [3.63, 3.8) is 0 Å². The largest absolute Gasteiger partial charge is 0.500 e. The lowest BCUT2D eigenvalue weighted by Crippen LogP contribution is -2.44. The highest BCUT2D eigenvalue weighted by molar-refractivity contribution is 7.80. The maximum absolute atomic E-state index is 11.0. The SMILES string of the molecule is CC(CC(O)C(O)=S)N[C@@H](CCCCN)C(=O)O. The normalized spacial score (nSPS) is 15.9. The van der Waals surface area contributed by atoms with Crippen LogP contribution in [0.15, 0.2) is 0 Å². The van der Waals surface area contributed by atoms with Gasteiger partial charge in [0.05, 0.1) is 0 Å². The van der Waals surface area contributed by atoms with Crippen LogP contribution in [0.5, 0.6) is 0 Å². The number of nitrogens with one attached hydrogen (secondary N) is 1. The molecular weight excluding hydrogens is 256 g/mol. The van der Waals surface area contributed by atoms with Crippen molar-refractivity contribution in [1.82, 2.24) is 5.32 Å². The van der Waals surface area contributed by atoms with Crippen LogP contribution < -0.4 is 11.1 Å². The molecule has 6 nitrogen and oxygen atoms in total. The minimum Gasteiger partial charge on any atom is -0.500 e. The Bertz CT molecular complexity index is 276. The van der Waals surface area contributed by atoms with Gasteiger partial charge in [-0.25, -0.2) is 0 Å². The van der Waals surface area contributed by atoms with Crippen LogP contribution in [0.4, 0.5) is 0 Å². The zero-order chi connectivity index (χ0) is 14.1. The van der Waals surface area contributed by atoms with Crippen molar-refractivity contribution in [1.29, 1.82) is 0 Å². The monoisotopic (exact) mass is 278 g/mol. The summed E-state index contributed by atoms with van der Waals surface area (Å²) in [5.74, 6) is -0.931. The molecule has 0 amide bonds. The first-order valence-corrected chi connectivity index (χ1v) is 6.39. The number of hydrogen-bond acceptors (Lipinski definition) is 5. The standard InChI is InChI=1S/C11H22N2O4S/c1-7(6-9(14)11(17)18)13-8(10(15)16)4-2-3-5-12/h7-9,13-14H,2-6,12H2,1H3,(H,15,16)(H,17,18)/t7?,8-,9?/m0/s1. The molecule has 0 saturated carbocycles. The fourth-order valence-electron chi connectivity index (χ4n) is 1.62. The predicted octanol–water partition coefficient (Wildman–Crippen LogP) is 0.183. The van der Waals surface area contributed by atoms with Gasteiger partial charge in [0.2, 0.25) is 0 Å². The number of aliphatic carboxylic acids is 1. The fraction of sp³-hybridized carbons (Fsp3) is 0.818. The van der Waals surface area contributed by atoms with Crippen LogP contribution in [0.2, 0.25) is 0 Å². The Labute approximate surface area is 112 Å². The summed E-state index contributed by atoms with van der Waals surface area (Å²) in [7, 11) is 0. The summed E-state index contributed by atoms with van der Waals surface area (Å²) in [5, 5.41) is 29.7. The molecule has 0 aromatic heterocycles. The maximum atomic E-state index is 11.0. The van der Waals surface area contributed by atoms with E-state index in [1.54, 1.807) is 6.92 Å². The summed E-state index contributed by atoms with van der Waals surface area (Å²) in [4.78, 5) is 11.0. The van der Waals surface area contributed by atoms with Crippen molar-refractivity contribution >= 4 is 23.2 Å². The van der Waals surface area contributed by atoms with E-state index in [9.17, 15) is 9.90 Å². The lowest BCUT2D eigenvalue weighted by atomic mass is 10.1. The van der Waals surface area contributed by atoms with Crippen LogP contribution in [0.25, 0.3) is 0 Å². The highest BCUT2D eigenvalue weighted by atomic mass is 32.1. The number of aliphatic hydroxyl groups is 2. The second-order valence-corrected chi connectivity index (χ2v) is 4.75. The fourth-order valence-corrected chi connectivity index (χ4v) is 1.71. The summed E-state index contributed by atoms with van der Waals surface area (Å²) in [6.45, 7) is 2.28. The van der Waals surface area contributed by atoms with Crippen molar-refractivity contribution in [2.45, 2.75) is 50.8 Å². The maximum Gasteiger partial charge on any atom is 0.320 e. The molecule has 0 aliphatic rings. The number of hydrogen-bond donors (Lipinski definition) is 5. The Morgan fingerprint density at radius 1 is 1.39 bits per heavy atom. The van der Waals surface area contributed by atoms with E-state index in [0.29, 0.717) is 13.0 Å². The molecule has 0 saturated heterocycles. The second kappa shape index (κ2) is 9.21. The Balaban J connectivity index is 4.14. The number of thiocarbonyl (C=S) groups is 1. The Hall–Kier alpha value is -0.760. The van der Waals surface area contributed by atoms with E-state index in [-0.39, 0.29) is 12.5 Å². The van der Waals surface area contributed by atoms with Gasteiger partial charge in [-0.15, -0.1) is 0 Å². The van der Waals surface area contributed by atoms with Crippen LogP contribution in [0, 0.1) is 0 Å². The van der Waals surface area contributed by atoms with Crippen LogP contribution in [-0.2, 0) is 4.79 Å². The molecule has 0 bridgehead atoms. The van der Waals surface area contributed by atoms with E-state index in [0.717, 1.165) is 12.8 Å². The average molecular weight is 278 g/mol. The van der Waals surface area contributed by atoms with Crippen molar-refractivity contribution in [3.05, 3.63) is 0 Å². The van der Waals surface area contributed by atoms with E-state index >= 15 is 0 Å². The van der Waals surface area contributed by atoms with Crippen LogP contribution >= 0.6 is 12.2 Å². The van der Waals surface area contributed by atoms with Gasteiger partial charge < -0.3 is 26.4 Å². The van der Waals surface area contributed by atoms with Crippen molar-refractivity contribution in [3.8, 4) is 0 Å². The summed E-state index contributed by atoms with van der Waals surface area (Å²) < 4.78 is 0. The Morgan fingerprint density at radius 3 is 2.44 bits per heavy atom. The third kappa shape index (κ3) is 7.54. The van der Waals surface area contributed by atoms with E-state index in [4.69, 9.17) is 15.9 Å². The molecule has 0 aromatic rings. The van der Waals surface area contributed by atoms with E-state index in [2.05, 4.69) is 17.5 Å². The molecule has 0 radical (unpaired) electrons. The van der Waals surface area contributed by atoms with Gasteiger partial charge in [0.15, 0.2) is 5.05 Å². The number of unbranched alkanes of at least 4 members (excludes halogenated alkanes) is 1. The molecule has 0 heterocycles. The predicted molar refractivity (Wildman–Crippen MR) is 72.8 cm³/mol. The molecule has 0 aromatic carbocycles. The van der Waals surface area contributed by atoms with E-state index < -0.39 is 23.2 Å². The molecule has 2 unspecified atom stereocenters. The van der Waals surface area contributed by atoms with E-state index in [1.165, 1.54) is 0 Å². The number of nitrogens with two attached hydrogens (primary N) is 1. The zero-order valence-corrected chi connectivity index (χ0v) is 11.3. The van der Waals surface area contributed by atoms with Crippen molar-refractivity contribution in [2.24, 2.45) is 5.73 Å². The minimum atomic E-state index is -1.11. The van der Waals surface area contributed by atoms with Gasteiger partial charge in [-0.05, 0) is 44.9 Å². The Kier molecular flexibility index (Phi) is 8.82. The molecule has 0 rings (SSSR count). The average Bonchev–Trinajstić information content (AvgIpc) is 2.27. The Morgan fingerprint density at radius 2 is 2.00 bits per heavy atom. The van der Waals surface area contributed by atoms with Gasteiger partial charge in [-0.2, -0.15) is 0 Å². The lowest BCUT2D eigenvalue weighted by Gasteiger charge is -2.21. The van der Waals surface area contributed by atoms with Crippen molar-refractivity contribution in [2.75, 3.05) is 6.54 Å². The van der Waals surface area contributed by atoms with Crippen molar-refractivity contribution < 1.29 is 20.1 Å². The first-order chi connectivity index (χ1) is 8.38. The molecule has 106 valence electrons. The first-order valence-electron chi connectivity index (χ1n) is 5.98. The third-order valence-electron chi connectivity index (χ3n) is 2.59. The van der Waals surface area contributed by atoms with Gasteiger partial charge in [0.1, 0.15) is 12.1 Å². The smallest absolute Gasteiger partial charge is 0.320 e. The summed E-state index contributed by atoms with van der Waals surface area (Å²) in [6, 6.07) is -0.935. The van der Waals surface area contributed by atoms with Gasteiger partial charge in [0.25, 0.3) is 0 Å². The molecular formula is C11H22N2O4S. The quantitative estimate of drug-likeness (QED) is 0.286. The zero-order valence-electron chi connectivity index (χ0n) is 10.5. The number of rotatable bonds is 10. The highest BCUT2D eigenvalue weighted by Gasteiger charge is 2.21. The molecule has 6 N–H and O–H groups in total. The molecule has 0 aliphatic heterocycles. The highest BCUT2D eigenvalue weighted by Crippen LogP contribution is 2.05. The number of carbonyl (C=O) groups is 1. The molecule has 7 heteroatoms. The van der Waals surface area contributed by atoms with Gasteiger partial charge in [0, 0.05) is 6.04 Å². The number of carboxylic acid groups (broad SMARTS) is 1. The van der Waals surface area contributed by atoms with Crippen LogP contribution in [0.3, 0.4) is 0 Å². The van der Waals surface area contributed by atoms with Crippen LogP contribution in [-0.4, -0.2) is 51.1 Å². The third-order valence-corrected chi connectivity index (χ3v) is 2.86. The minimum absolute atomic E-state index is 0.177.